The zero-order chi connectivity index (χ0) is 18.6. The van der Waals surface area contributed by atoms with Crippen molar-refractivity contribution in [3.05, 3.63) is 59.8 Å². The Morgan fingerprint density at radius 1 is 1.15 bits per heavy atom. The number of anilines is 1. The fourth-order valence-corrected chi connectivity index (χ4v) is 3.68. The minimum atomic E-state index is -3.90. The van der Waals surface area contributed by atoms with E-state index in [0.29, 0.717) is 11.3 Å². The van der Waals surface area contributed by atoms with E-state index in [1.54, 1.807) is 61.7 Å². The van der Waals surface area contributed by atoms with Crippen LogP contribution in [0, 0.1) is 5.21 Å². The molecule has 1 aromatic heterocycles. The first kappa shape index (κ1) is 17.7. The van der Waals surface area contributed by atoms with Gasteiger partial charge in [0.1, 0.15) is 5.75 Å². The van der Waals surface area contributed by atoms with Gasteiger partial charge in [0, 0.05) is 23.0 Å². The molecule has 3 rings (SSSR count). The number of hydrogen-bond donors (Lipinski definition) is 1. The molecule has 136 valence electrons. The monoisotopic (exact) mass is 375 g/mol. The van der Waals surface area contributed by atoms with Gasteiger partial charge in [0.2, 0.25) is 9.84 Å². The molecule has 0 atom stereocenters. The molecule has 1 N–H and O–H groups in total. The highest BCUT2D eigenvalue weighted by Gasteiger charge is 2.32. The van der Waals surface area contributed by atoms with Crippen LogP contribution in [0.25, 0.3) is 11.3 Å². The lowest BCUT2D eigenvalue weighted by molar-refractivity contribution is -0.832. The standard InChI is InChI=1S/C17H17N3O5S/c1-24-15-9-7-14(8-10-15)18-11-12-26(22,23)17-16(19-25-20(17)21)13-5-3-2-4-6-13/h2-10,18H,11-12H2,1H3. The fourth-order valence-electron chi connectivity index (χ4n) is 2.41. The summed E-state index contributed by atoms with van der Waals surface area (Å²) < 4.78 is 34.8. The van der Waals surface area contributed by atoms with Crippen molar-refractivity contribution in [2.75, 3.05) is 24.7 Å². The van der Waals surface area contributed by atoms with E-state index < -0.39 is 14.9 Å². The minimum absolute atomic E-state index is 0.00467. The summed E-state index contributed by atoms with van der Waals surface area (Å²) in [5.74, 6) is 0.412. The average molecular weight is 375 g/mol. The van der Waals surface area contributed by atoms with E-state index in [4.69, 9.17) is 4.74 Å². The second-order valence-electron chi connectivity index (χ2n) is 5.42. The SMILES string of the molecule is COc1ccc(NCCS(=O)(=O)c2c(-c3ccccc3)no[n+]2[O-])cc1. The van der Waals surface area contributed by atoms with Gasteiger partial charge in [0.25, 0.3) is 5.69 Å². The van der Waals surface area contributed by atoms with Crippen molar-refractivity contribution < 1.29 is 22.7 Å². The largest absolute Gasteiger partial charge is 0.497 e. The average Bonchev–Trinajstić information content (AvgIpc) is 3.05. The number of aromatic nitrogens is 2. The lowest BCUT2D eigenvalue weighted by Gasteiger charge is -2.07. The third-order valence-corrected chi connectivity index (χ3v) is 5.38. The van der Waals surface area contributed by atoms with Crippen LogP contribution in [0.1, 0.15) is 0 Å². The lowest BCUT2D eigenvalue weighted by Crippen LogP contribution is -2.33. The van der Waals surface area contributed by atoms with Gasteiger partial charge in [-0.15, -0.1) is 0 Å². The van der Waals surface area contributed by atoms with Crippen LogP contribution >= 0.6 is 0 Å². The zero-order valence-electron chi connectivity index (χ0n) is 14.0. The van der Waals surface area contributed by atoms with Crippen LogP contribution in [0.4, 0.5) is 5.69 Å². The topological polar surface area (TPSA) is 108 Å². The highest BCUT2D eigenvalue weighted by molar-refractivity contribution is 7.91. The number of nitrogens with zero attached hydrogens (tertiary/aromatic N) is 2. The van der Waals surface area contributed by atoms with Crippen LogP contribution in [0.2, 0.25) is 0 Å². The highest BCUT2D eigenvalue weighted by atomic mass is 32.2. The molecule has 3 aromatic rings. The number of benzene rings is 2. The van der Waals surface area contributed by atoms with E-state index in [1.165, 1.54) is 0 Å². The van der Waals surface area contributed by atoms with Gasteiger partial charge in [0.05, 0.1) is 12.9 Å². The molecule has 0 bridgehead atoms. The van der Waals surface area contributed by atoms with Gasteiger partial charge < -0.3 is 15.3 Å². The Bertz CT molecular complexity index is 969. The number of hydrogen-bond acceptors (Lipinski definition) is 7. The molecule has 0 radical (unpaired) electrons. The Labute approximate surface area is 150 Å². The molecule has 1 heterocycles. The van der Waals surface area contributed by atoms with Crippen molar-refractivity contribution >= 4 is 15.5 Å². The Morgan fingerprint density at radius 3 is 2.50 bits per heavy atom. The van der Waals surface area contributed by atoms with Crippen molar-refractivity contribution in [3.8, 4) is 17.0 Å². The van der Waals surface area contributed by atoms with Gasteiger partial charge in [-0.2, -0.15) is 0 Å². The molecule has 0 unspecified atom stereocenters. The molecule has 0 fully saturated rings. The Hall–Kier alpha value is -3.07. The number of sulfone groups is 1. The molecule has 0 aliphatic heterocycles. The first-order valence-electron chi connectivity index (χ1n) is 7.77. The van der Waals surface area contributed by atoms with Crippen molar-refractivity contribution in [1.29, 1.82) is 0 Å². The Balaban J connectivity index is 1.75. The number of methoxy groups -OCH3 is 1. The van der Waals surface area contributed by atoms with Gasteiger partial charge in [-0.1, -0.05) is 30.3 Å². The molecule has 2 aromatic carbocycles. The first-order chi connectivity index (χ1) is 12.5. The van der Waals surface area contributed by atoms with Crippen molar-refractivity contribution in [3.63, 3.8) is 0 Å². The van der Waals surface area contributed by atoms with Gasteiger partial charge in [-0.05, 0) is 29.2 Å². The second kappa shape index (κ2) is 7.44. The summed E-state index contributed by atoms with van der Waals surface area (Å²) in [4.78, 5) is -0.0644. The van der Waals surface area contributed by atoms with Gasteiger partial charge in [0.15, 0.2) is 0 Å². The molecule has 0 spiro atoms. The smallest absolute Gasteiger partial charge is 0.316 e. The summed E-state index contributed by atoms with van der Waals surface area (Å²) in [6.45, 7) is 0.119. The van der Waals surface area contributed by atoms with Crippen LogP contribution in [-0.2, 0) is 9.84 Å². The molecule has 0 aliphatic carbocycles. The second-order valence-corrected chi connectivity index (χ2v) is 7.45. The summed E-state index contributed by atoms with van der Waals surface area (Å²) in [7, 11) is -2.34. The van der Waals surface area contributed by atoms with Gasteiger partial charge >= 0.3 is 5.03 Å². The van der Waals surface area contributed by atoms with Crippen molar-refractivity contribution in [2.24, 2.45) is 0 Å². The Morgan fingerprint density at radius 2 is 1.85 bits per heavy atom. The summed E-state index contributed by atoms with van der Waals surface area (Å²) in [6, 6.07) is 15.6. The van der Waals surface area contributed by atoms with Gasteiger partial charge in [-0.25, -0.2) is 8.42 Å². The molecule has 0 amide bonds. The molecule has 9 heteroatoms. The van der Waals surface area contributed by atoms with E-state index in [2.05, 4.69) is 15.1 Å². The third kappa shape index (κ3) is 3.77. The quantitative estimate of drug-likeness (QED) is 0.628. The summed E-state index contributed by atoms with van der Waals surface area (Å²) in [5.41, 5.74) is 1.24. The maximum absolute atomic E-state index is 12.6. The van der Waals surface area contributed by atoms with Crippen LogP contribution in [0.15, 0.2) is 64.3 Å². The van der Waals surface area contributed by atoms with Crippen molar-refractivity contribution in [1.82, 2.24) is 5.16 Å². The zero-order valence-corrected chi connectivity index (χ0v) is 14.8. The van der Waals surface area contributed by atoms with Crippen LogP contribution in [0.3, 0.4) is 0 Å². The third-order valence-electron chi connectivity index (χ3n) is 3.71. The summed E-state index contributed by atoms with van der Waals surface area (Å²) >= 11 is 0. The van der Waals surface area contributed by atoms with E-state index in [-0.39, 0.29) is 22.9 Å². The van der Waals surface area contributed by atoms with Crippen LogP contribution in [-0.4, -0.2) is 33.0 Å². The number of ether oxygens (including phenoxy) is 1. The molecular formula is C17H17N3O5S. The summed E-state index contributed by atoms with van der Waals surface area (Å²) in [5, 5.41) is 17.9. The van der Waals surface area contributed by atoms with E-state index in [1.807, 2.05) is 0 Å². The van der Waals surface area contributed by atoms with E-state index >= 15 is 0 Å². The number of nitrogens with one attached hydrogen (secondary N) is 1. The fraction of sp³-hybridized carbons (Fsp3) is 0.176. The molecule has 0 saturated carbocycles. The van der Waals surface area contributed by atoms with E-state index in [0.717, 1.165) is 5.69 Å². The summed E-state index contributed by atoms with van der Waals surface area (Å²) in [6.07, 6.45) is 0. The lowest BCUT2D eigenvalue weighted by atomic mass is 10.2. The number of rotatable bonds is 7. The molecule has 0 saturated heterocycles. The normalized spacial score (nSPS) is 11.3. The highest BCUT2D eigenvalue weighted by Crippen LogP contribution is 2.23. The van der Waals surface area contributed by atoms with Crippen LogP contribution in [0.5, 0.6) is 5.75 Å². The molecular weight excluding hydrogens is 358 g/mol. The maximum atomic E-state index is 12.6. The molecule has 26 heavy (non-hydrogen) atoms. The van der Waals surface area contributed by atoms with Gasteiger partial charge in [-0.3, -0.25) is 4.63 Å². The molecule has 8 nitrogen and oxygen atoms in total. The van der Waals surface area contributed by atoms with E-state index in [9.17, 15) is 13.6 Å². The minimum Gasteiger partial charge on any atom is -0.497 e. The predicted octanol–water partition coefficient (Wildman–Crippen LogP) is 1.87. The predicted molar refractivity (Wildman–Crippen MR) is 94.4 cm³/mol. The first-order valence-corrected chi connectivity index (χ1v) is 9.42. The molecule has 0 aliphatic rings. The van der Waals surface area contributed by atoms with Crippen LogP contribution < -0.4 is 15.0 Å². The maximum Gasteiger partial charge on any atom is 0.316 e. The Kier molecular flexibility index (Phi) is 5.08. The van der Waals surface area contributed by atoms with Crippen molar-refractivity contribution in [2.45, 2.75) is 5.03 Å².